The van der Waals surface area contributed by atoms with Crippen LogP contribution < -0.4 is 4.90 Å². The minimum atomic E-state index is -4.27. The first-order chi connectivity index (χ1) is 10.6. The zero-order valence-corrected chi connectivity index (χ0v) is 13.1. The zero-order valence-electron chi connectivity index (χ0n) is 13.1. The first-order valence-corrected chi connectivity index (χ1v) is 7.24. The lowest BCUT2D eigenvalue weighted by atomic mass is 9.85. The minimum Gasteiger partial charge on any atom is -0.373 e. The second-order valence-corrected chi connectivity index (χ2v) is 6.48. The Morgan fingerprint density at radius 1 is 1.30 bits per heavy atom. The van der Waals surface area contributed by atoms with E-state index >= 15 is 0 Å². The van der Waals surface area contributed by atoms with Gasteiger partial charge in [-0.1, -0.05) is 26.0 Å². The minimum absolute atomic E-state index is 0.405. The van der Waals surface area contributed by atoms with Crippen LogP contribution in [0.1, 0.15) is 19.4 Å². The third-order valence-corrected chi connectivity index (χ3v) is 4.38. The van der Waals surface area contributed by atoms with Gasteiger partial charge in [0.05, 0.1) is 12.0 Å². The fourth-order valence-corrected chi connectivity index (χ4v) is 3.09. The van der Waals surface area contributed by atoms with Crippen LogP contribution in [-0.2, 0) is 12.0 Å². The van der Waals surface area contributed by atoms with E-state index in [0.29, 0.717) is 5.69 Å². The van der Waals surface area contributed by atoms with Gasteiger partial charge in [-0.25, -0.2) is 4.98 Å². The first kappa shape index (κ1) is 15.9. The molecule has 0 fully saturated rings. The second kappa shape index (κ2) is 4.99. The van der Waals surface area contributed by atoms with Crippen LogP contribution in [-0.4, -0.2) is 34.1 Å². The number of halogens is 3. The number of imidazole rings is 1. The number of aliphatic hydroxyl groups excluding tert-OH is 1. The van der Waals surface area contributed by atoms with Crippen molar-refractivity contribution in [2.24, 2.45) is 0 Å². The predicted octanol–water partition coefficient (Wildman–Crippen LogP) is 3.16. The largest absolute Gasteiger partial charge is 0.406 e. The van der Waals surface area contributed by atoms with Crippen LogP contribution in [0.15, 0.2) is 30.7 Å². The van der Waals surface area contributed by atoms with Crippen molar-refractivity contribution in [1.82, 2.24) is 9.55 Å². The summed E-state index contributed by atoms with van der Waals surface area (Å²) in [5.41, 5.74) is 2.67. The van der Waals surface area contributed by atoms with Crippen molar-refractivity contribution < 1.29 is 18.3 Å². The number of nitrogens with zero attached hydrogens (tertiary/aromatic N) is 3. The first-order valence-electron chi connectivity index (χ1n) is 7.24. The van der Waals surface area contributed by atoms with Gasteiger partial charge >= 0.3 is 6.18 Å². The Morgan fingerprint density at radius 2 is 2.00 bits per heavy atom. The quantitative estimate of drug-likeness (QED) is 0.922. The Labute approximate surface area is 132 Å². The van der Waals surface area contributed by atoms with E-state index in [2.05, 4.69) is 4.98 Å². The molecule has 7 heteroatoms. The number of alkyl halides is 3. The predicted molar refractivity (Wildman–Crippen MR) is 81.2 cm³/mol. The fraction of sp³-hybridized carbons (Fsp3) is 0.438. The molecule has 1 aromatic carbocycles. The lowest BCUT2D eigenvalue weighted by Gasteiger charge is -2.26. The number of anilines is 1. The average Bonchev–Trinajstić information content (AvgIpc) is 2.96. The topological polar surface area (TPSA) is 41.3 Å². The average molecular weight is 325 g/mol. The molecule has 1 aliphatic rings. The molecule has 0 radical (unpaired) electrons. The standard InChI is InChI=1S/C16H18F3N3O/c1-15(2)11-5-4-10(6-13(11)21(3)14(15)23)12-7-22(9-20-12)8-16(17,18)19/h4-7,9,14,23H,8H2,1-3H3. The van der Waals surface area contributed by atoms with Gasteiger partial charge in [0.25, 0.3) is 0 Å². The molecule has 0 saturated carbocycles. The summed E-state index contributed by atoms with van der Waals surface area (Å²) >= 11 is 0. The van der Waals surface area contributed by atoms with Gasteiger partial charge in [-0.05, 0) is 11.6 Å². The molecule has 0 spiro atoms. The van der Waals surface area contributed by atoms with Gasteiger partial charge in [0.2, 0.25) is 0 Å². The maximum absolute atomic E-state index is 12.4. The monoisotopic (exact) mass is 325 g/mol. The molecule has 124 valence electrons. The van der Waals surface area contributed by atoms with E-state index in [0.717, 1.165) is 21.4 Å². The number of rotatable bonds is 2. The lowest BCUT2D eigenvalue weighted by molar-refractivity contribution is -0.140. The van der Waals surface area contributed by atoms with Gasteiger partial charge < -0.3 is 14.6 Å². The summed E-state index contributed by atoms with van der Waals surface area (Å²) in [5, 5.41) is 10.3. The van der Waals surface area contributed by atoms with E-state index < -0.39 is 24.4 Å². The highest BCUT2D eigenvalue weighted by Gasteiger charge is 2.42. The lowest BCUT2D eigenvalue weighted by Crippen LogP contribution is -2.38. The molecule has 23 heavy (non-hydrogen) atoms. The van der Waals surface area contributed by atoms with E-state index in [4.69, 9.17) is 0 Å². The van der Waals surface area contributed by atoms with Gasteiger partial charge in [0, 0.05) is 29.9 Å². The Bertz CT molecular complexity index is 736. The van der Waals surface area contributed by atoms with Crippen molar-refractivity contribution in [3.63, 3.8) is 0 Å². The fourth-order valence-electron chi connectivity index (χ4n) is 3.09. The highest BCUT2D eigenvalue weighted by molar-refractivity contribution is 5.72. The number of hydrogen-bond donors (Lipinski definition) is 1. The number of likely N-dealkylation sites (N-methyl/N-ethyl adjacent to an activating group) is 1. The van der Waals surface area contributed by atoms with E-state index in [1.165, 1.54) is 12.5 Å². The highest BCUT2D eigenvalue weighted by Crippen LogP contribution is 2.44. The molecule has 0 amide bonds. The van der Waals surface area contributed by atoms with Crippen molar-refractivity contribution in [1.29, 1.82) is 0 Å². The van der Waals surface area contributed by atoms with Crippen LogP contribution in [0.3, 0.4) is 0 Å². The molecule has 0 aliphatic carbocycles. The molecule has 3 rings (SSSR count). The number of benzene rings is 1. The summed E-state index contributed by atoms with van der Waals surface area (Å²) < 4.78 is 38.3. The van der Waals surface area contributed by atoms with Gasteiger partial charge in [-0.3, -0.25) is 0 Å². The smallest absolute Gasteiger partial charge is 0.373 e. The third-order valence-electron chi connectivity index (χ3n) is 4.38. The summed E-state index contributed by atoms with van der Waals surface area (Å²) in [5.74, 6) is 0. The van der Waals surface area contributed by atoms with Crippen LogP contribution in [0.25, 0.3) is 11.3 Å². The molecule has 1 N–H and O–H groups in total. The summed E-state index contributed by atoms with van der Waals surface area (Å²) in [7, 11) is 1.80. The molecule has 1 aromatic heterocycles. The molecule has 0 saturated heterocycles. The Balaban J connectivity index is 1.95. The summed E-state index contributed by atoms with van der Waals surface area (Å²) in [6.45, 7) is 2.85. The Kier molecular flexibility index (Phi) is 3.44. The maximum Gasteiger partial charge on any atom is 0.406 e. The van der Waals surface area contributed by atoms with E-state index in [-0.39, 0.29) is 0 Å². The summed E-state index contributed by atoms with van der Waals surface area (Å²) in [6, 6.07) is 5.58. The van der Waals surface area contributed by atoms with Crippen molar-refractivity contribution in [2.75, 3.05) is 11.9 Å². The third kappa shape index (κ3) is 2.69. The summed E-state index contributed by atoms with van der Waals surface area (Å²) in [4.78, 5) is 5.83. The number of aromatic nitrogens is 2. The van der Waals surface area contributed by atoms with Gasteiger partial charge in [-0.2, -0.15) is 13.2 Å². The van der Waals surface area contributed by atoms with Gasteiger partial charge in [0.15, 0.2) is 0 Å². The van der Waals surface area contributed by atoms with E-state index in [1.54, 1.807) is 11.9 Å². The normalized spacial score (nSPS) is 20.0. The van der Waals surface area contributed by atoms with Crippen molar-refractivity contribution in [3.05, 3.63) is 36.3 Å². The SMILES string of the molecule is CN1c2cc(-c3cn(CC(F)(F)F)cn3)ccc2C(C)(C)C1O. The van der Waals surface area contributed by atoms with Crippen molar-refractivity contribution >= 4 is 5.69 Å². The number of aliphatic hydroxyl groups is 1. The second-order valence-electron chi connectivity index (χ2n) is 6.48. The summed E-state index contributed by atoms with van der Waals surface area (Å²) in [6.07, 6.45) is -2.36. The van der Waals surface area contributed by atoms with E-state index in [1.807, 2.05) is 32.0 Å². The van der Waals surface area contributed by atoms with Gasteiger partial charge in [0.1, 0.15) is 12.8 Å². The van der Waals surface area contributed by atoms with Crippen LogP contribution in [0.5, 0.6) is 0 Å². The molecular formula is C16H18F3N3O. The maximum atomic E-state index is 12.4. The molecule has 4 nitrogen and oxygen atoms in total. The Morgan fingerprint density at radius 3 is 2.65 bits per heavy atom. The molecule has 1 unspecified atom stereocenters. The molecule has 1 atom stereocenters. The zero-order chi connectivity index (χ0) is 17.0. The van der Waals surface area contributed by atoms with Crippen molar-refractivity contribution in [2.45, 2.75) is 38.2 Å². The molecule has 2 heterocycles. The molecule has 0 bridgehead atoms. The Hall–Kier alpha value is -2.02. The van der Waals surface area contributed by atoms with Gasteiger partial charge in [-0.15, -0.1) is 0 Å². The van der Waals surface area contributed by atoms with Crippen LogP contribution in [0.2, 0.25) is 0 Å². The van der Waals surface area contributed by atoms with E-state index in [9.17, 15) is 18.3 Å². The van der Waals surface area contributed by atoms with Crippen LogP contribution in [0.4, 0.5) is 18.9 Å². The van der Waals surface area contributed by atoms with Crippen molar-refractivity contribution in [3.8, 4) is 11.3 Å². The molecule has 2 aromatic rings. The number of hydrogen-bond acceptors (Lipinski definition) is 3. The highest BCUT2D eigenvalue weighted by atomic mass is 19.4. The molecular weight excluding hydrogens is 307 g/mol. The van der Waals surface area contributed by atoms with Crippen LogP contribution >= 0.6 is 0 Å². The molecule has 1 aliphatic heterocycles. The number of fused-ring (bicyclic) bond motifs is 1. The van der Waals surface area contributed by atoms with Crippen LogP contribution in [0, 0.1) is 0 Å².